The van der Waals surface area contributed by atoms with Crippen molar-refractivity contribution in [1.29, 1.82) is 0 Å². The molecular weight excluding hydrogens is 179 g/mol. The summed E-state index contributed by atoms with van der Waals surface area (Å²) in [7, 11) is 0. The minimum atomic E-state index is -0.209. The van der Waals surface area contributed by atoms with E-state index in [1.54, 1.807) is 0 Å². The molecule has 0 bridgehead atoms. The molecule has 0 spiro atoms. The molecule has 0 aliphatic carbocycles. The molecule has 0 saturated heterocycles. The maximum Gasteiger partial charge on any atom is 0.316 e. The molecule has 0 heterocycles. The van der Waals surface area contributed by atoms with Gasteiger partial charge in [0, 0.05) is 17.1 Å². The van der Waals surface area contributed by atoms with Gasteiger partial charge in [0.2, 0.25) is 0 Å². The van der Waals surface area contributed by atoms with Crippen LogP contribution in [0, 0.1) is 11.9 Å². The first-order chi connectivity index (χ1) is 3.39. The van der Waals surface area contributed by atoms with E-state index in [1.807, 2.05) is 0 Å². The zero-order valence-corrected chi connectivity index (χ0v) is 4.93. The van der Waals surface area contributed by atoms with Gasteiger partial charge in [0.15, 0.2) is 0 Å². The minimum Gasteiger partial charge on any atom is -0.207 e. The summed E-state index contributed by atoms with van der Waals surface area (Å²) in [4.78, 5) is 0. The number of hydrogen-bond donors (Lipinski definition) is 0. The van der Waals surface area contributed by atoms with Crippen molar-refractivity contribution in [2.24, 2.45) is 0 Å². The summed E-state index contributed by atoms with van der Waals surface area (Å²) in [5.74, 6) is -0.209. The molecular formula is C6H6CuFMg. The molecule has 1 aromatic rings. The van der Waals surface area contributed by atoms with E-state index in [1.165, 1.54) is 24.3 Å². The Morgan fingerprint density at radius 3 is 1.89 bits per heavy atom. The molecule has 0 aliphatic heterocycles. The predicted molar refractivity (Wildman–Crippen MR) is 33.8 cm³/mol. The molecule has 2 radical (unpaired) electrons. The number of halogens is 1. The first kappa shape index (κ1) is 12.1. The predicted octanol–water partition coefficient (Wildman–Crippen LogP) is 0.707. The first-order valence-corrected chi connectivity index (χ1v) is 2.01. The van der Waals surface area contributed by atoms with E-state index in [9.17, 15) is 4.39 Å². The fourth-order valence-electron chi connectivity index (χ4n) is 0.367. The fraction of sp³-hybridized carbons (Fsp3) is 0. The quantitative estimate of drug-likeness (QED) is 0.522. The maximum atomic E-state index is 11.9. The van der Waals surface area contributed by atoms with E-state index in [0.717, 1.165) is 0 Å². The molecule has 0 nitrogen and oxygen atoms in total. The van der Waals surface area contributed by atoms with Crippen LogP contribution < -0.4 is 0 Å². The molecule has 0 saturated carbocycles. The standard InChI is InChI=1S/C6H4F.Cu.Mg.2H/c7-6-4-2-1-3-5-6;;;;/h2-5H;;;;. The van der Waals surface area contributed by atoms with E-state index < -0.39 is 0 Å². The van der Waals surface area contributed by atoms with Crippen LogP contribution in [0.25, 0.3) is 0 Å². The molecule has 0 aliphatic rings. The van der Waals surface area contributed by atoms with Gasteiger partial charge < -0.3 is 0 Å². The first-order valence-electron chi connectivity index (χ1n) is 2.01. The van der Waals surface area contributed by atoms with Crippen LogP contribution in [-0.4, -0.2) is 23.1 Å². The van der Waals surface area contributed by atoms with Crippen LogP contribution in [0.4, 0.5) is 4.39 Å². The van der Waals surface area contributed by atoms with Crippen LogP contribution in [0.2, 0.25) is 0 Å². The van der Waals surface area contributed by atoms with Crippen LogP contribution in [0.5, 0.6) is 0 Å². The van der Waals surface area contributed by atoms with Gasteiger partial charge in [0.25, 0.3) is 0 Å². The van der Waals surface area contributed by atoms with Crippen molar-refractivity contribution in [2.75, 3.05) is 0 Å². The summed E-state index contributed by atoms with van der Waals surface area (Å²) in [5, 5.41) is 0. The topological polar surface area (TPSA) is 0 Å². The Morgan fingerprint density at radius 2 is 1.67 bits per heavy atom. The SMILES string of the molecule is Fc1cc[c]cc1.[Cu].[MgH2]. The summed E-state index contributed by atoms with van der Waals surface area (Å²) < 4.78 is 11.9. The van der Waals surface area contributed by atoms with Crippen LogP contribution >= 0.6 is 0 Å². The van der Waals surface area contributed by atoms with Gasteiger partial charge in [0.1, 0.15) is 5.82 Å². The molecule has 0 amide bonds. The number of hydrogen-bond acceptors (Lipinski definition) is 0. The Bertz CT molecular complexity index is 143. The monoisotopic (exact) mass is 184 g/mol. The smallest absolute Gasteiger partial charge is 0.207 e. The molecule has 3 heteroatoms. The Hall–Kier alpha value is 0.436. The van der Waals surface area contributed by atoms with Gasteiger partial charge >= 0.3 is 23.1 Å². The van der Waals surface area contributed by atoms with Gasteiger partial charge in [0.05, 0.1) is 0 Å². The van der Waals surface area contributed by atoms with Crippen LogP contribution in [0.15, 0.2) is 24.3 Å². The Balaban J connectivity index is 0. The summed E-state index contributed by atoms with van der Waals surface area (Å²) in [6.45, 7) is 0. The Morgan fingerprint density at radius 1 is 1.22 bits per heavy atom. The van der Waals surface area contributed by atoms with Crippen LogP contribution in [0.3, 0.4) is 0 Å². The largest absolute Gasteiger partial charge is 0.316 e. The van der Waals surface area contributed by atoms with Gasteiger partial charge in [-0.3, -0.25) is 0 Å². The molecule has 0 unspecified atom stereocenters. The molecule has 1 rings (SSSR count). The van der Waals surface area contributed by atoms with Crippen molar-refractivity contribution < 1.29 is 21.5 Å². The molecule has 0 fully saturated rings. The second-order valence-electron chi connectivity index (χ2n) is 1.22. The third-order valence-corrected chi connectivity index (χ3v) is 0.678. The van der Waals surface area contributed by atoms with E-state index in [-0.39, 0.29) is 45.9 Å². The van der Waals surface area contributed by atoms with Gasteiger partial charge in [-0.15, -0.1) is 0 Å². The second kappa shape index (κ2) is 6.55. The summed E-state index contributed by atoms with van der Waals surface area (Å²) in [6, 6.07) is 8.49. The van der Waals surface area contributed by atoms with Crippen molar-refractivity contribution >= 4 is 23.1 Å². The van der Waals surface area contributed by atoms with Crippen LogP contribution in [-0.2, 0) is 17.1 Å². The zero-order valence-electron chi connectivity index (χ0n) is 3.99. The molecule has 0 aromatic heterocycles. The summed E-state index contributed by atoms with van der Waals surface area (Å²) in [5.41, 5.74) is 0. The third kappa shape index (κ3) is 4.91. The van der Waals surface area contributed by atoms with E-state index in [2.05, 4.69) is 6.07 Å². The third-order valence-electron chi connectivity index (χ3n) is 0.678. The Kier molecular flexibility index (Phi) is 8.84. The number of rotatable bonds is 0. The maximum absolute atomic E-state index is 11.9. The van der Waals surface area contributed by atoms with Crippen molar-refractivity contribution in [3.63, 3.8) is 0 Å². The van der Waals surface area contributed by atoms with E-state index in [4.69, 9.17) is 0 Å². The van der Waals surface area contributed by atoms with Gasteiger partial charge in [-0.05, 0) is 18.2 Å². The van der Waals surface area contributed by atoms with Crippen molar-refractivity contribution in [3.8, 4) is 0 Å². The Labute approximate surface area is 80.5 Å². The summed E-state index contributed by atoms with van der Waals surface area (Å²) in [6.07, 6.45) is 0. The molecule has 1 aromatic carbocycles. The average Bonchev–Trinajstić information content (AvgIpc) is 1.69. The van der Waals surface area contributed by atoms with E-state index >= 15 is 0 Å². The van der Waals surface area contributed by atoms with Crippen molar-refractivity contribution in [2.45, 2.75) is 0 Å². The van der Waals surface area contributed by atoms with Gasteiger partial charge in [-0.1, -0.05) is 12.1 Å². The number of benzene rings is 1. The summed E-state index contributed by atoms with van der Waals surface area (Å²) >= 11 is 0. The van der Waals surface area contributed by atoms with Crippen LogP contribution in [0.1, 0.15) is 0 Å². The van der Waals surface area contributed by atoms with Gasteiger partial charge in [-0.25, -0.2) is 4.39 Å². The van der Waals surface area contributed by atoms with Gasteiger partial charge in [-0.2, -0.15) is 0 Å². The van der Waals surface area contributed by atoms with Crippen molar-refractivity contribution in [3.05, 3.63) is 36.1 Å². The molecule has 0 atom stereocenters. The minimum absolute atomic E-state index is 0. The molecule has 50 valence electrons. The fourth-order valence-corrected chi connectivity index (χ4v) is 0.367. The second-order valence-corrected chi connectivity index (χ2v) is 1.22. The molecule has 0 N–H and O–H groups in total. The van der Waals surface area contributed by atoms with Crippen molar-refractivity contribution in [1.82, 2.24) is 0 Å². The average molecular weight is 185 g/mol. The normalized spacial score (nSPS) is 6.78. The zero-order chi connectivity index (χ0) is 5.11. The van der Waals surface area contributed by atoms with E-state index in [0.29, 0.717) is 0 Å². The molecule has 9 heavy (non-hydrogen) atoms.